The summed E-state index contributed by atoms with van der Waals surface area (Å²) in [7, 11) is 0. The highest BCUT2D eigenvalue weighted by Crippen LogP contribution is 2.23. The second-order valence-corrected chi connectivity index (χ2v) is 3.95. The summed E-state index contributed by atoms with van der Waals surface area (Å²) in [5.41, 5.74) is 6.52. The van der Waals surface area contributed by atoms with E-state index in [9.17, 15) is 0 Å². The summed E-state index contributed by atoms with van der Waals surface area (Å²) in [4.78, 5) is 1.21. The van der Waals surface area contributed by atoms with Crippen molar-refractivity contribution in [3.63, 3.8) is 0 Å². The highest BCUT2D eigenvalue weighted by atomic mass is 32.2. The molecule has 0 atom stereocenters. The first-order chi connectivity index (χ1) is 6.26. The van der Waals surface area contributed by atoms with Crippen LogP contribution in [0.15, 0.2) is 29.2 Å². The van der Waals surface area contributed by atoms with Crippen molar-refractivity contribution < 1.29 is 0 Å². The predicted octanol–water partition coefficient (Wildman–Crippen LogP) is 2.62. The lowest BCUT2D eigenvalue weighted by molar-refractivity contribution is 0.525. The van der Waals surface area contributed by atoms with Crippen molar-refractivity contribution >= 4 is 17.6 Å². The molecule has 0 unspecified atom stereocenters. The van der Waals surface area contributed by atoms with Crippen molar-refractivity contribution in [3.8, 4) is 0 Å². The van der Waals surface area contributed by atoms with E-state index in [0.29, 0.717) is 0 Å². The number of rotatable bonds is 4. The lowest BCUT2D eigenvalue weighted by Gasteiger charge is -2.16. The standard InChI is InChI=1S/C10H16N2S/c1-3-12(4-2)13-10-7-5-6-9(11)8-10/h5-8H,3-4,11H2,1-2H3. The van der Waals surface area contributed by atoms with Crippen LogP contribution in [0.2, 0.25) is 0 Å². The Balaban J connectivity index is 2.62. The van der Waals surface area contributed by atoms with Crippen LogP contribution in [-0.4, -0.2) is 17.4 Å². The molecule has 0 saturated heterocycles. The van der Waals surface area contributed by atoms with Gasteiger partial charge in [-0.05, 0) is 30.1 Å². The van der Waals surface area contributed by atoms with E-state index in [1.165, 1.54) is 4.90 Å². The number of nitrogen functional groups attached to an aromatic ring is 1. The lowest BCUT2D eigenvalue weighted by Crippen LogP contribution is -2.13. The van der Waals surface area contributed by atoms with Crippen LogP contribution >= 0.6 is 11.9 Å². The van der Waals surface area contributed by atoms with E-state index in [-0.39, 0.29) is 0 Å². The Bertz CT molecular complexity index is 259. The third-order valence-electron chi connectivity index (χ3n) is 1.80. The molecule has 2 N–H and O–H groups in total. The van der Waals surface area contributed by atoms with Gasteiger partial charge in [0.25, 0.3) is 0 Å². The Labute approximate surface area is 84.2 Å². The van der Waals surface area contributed by atoms with Crippen molar-refractivity contribution in [1.29, 1.82) is 0 Å². The van der Waals surface area contributed by atoms with Gasteiger partial charge in [0.1, 0.15) is 0 Å². The highest BCUT2D eigenvalue weighted by molar-refractivity contribution is 7.97. The van der Waals surface area contributed by atoms with Crippen LogP contribution in [-0.2, 0) is 0 Å². The lowest BCUT2D eigenvalue weighted by atomic mass is 10.3. The molecule has 0 saturated carbocycles. The van der Waals surface area contributed by atoms with Gasteiger partial charge in [0, 0.05) is 23.7 Å². The smallest absolute Gasteiger partial charge is 0.0325 e. The zero-order chi connectivity index (χ0) is 9.68. The molecule has 0 amide bonds. The minimum atomic E-state index is 0.831. The third-order valence-corrected chi connectivity index (χ3v) is 3.04. The maximum absolute atomic E-state index is 5.69. The van der Waals surface area contributed by atoms with Gasteiger partial charge in [-0.3, -0.25) is 0 Å². The number of hydrogen-bond acceptors (Lipinski definition) is 3. The summed E-state index contributed by atoms with van der Waals surface area (Å²) in [6.45, 7) is 6.41. The van der Waals surface area contributed by atoms with Crippen LogP contribution in [0.25, 0.3) is 0 Å². The predicted molar refractivity (Wildman–Crippen MR) is 59.6 cm³/mol. The zero-order valence-electron chi connectivity index (χ0n) is 8.16. The first kappa shape index (κ1) is 10.4. The number of benzene rings is 1. The summed E-state index contributed by atoms with van der Waals surface area (Å²) in [5, 5.41) is 0. The molecule has 0 spiro atoms. The topological polar surface area (TPSA) is 29.3 Å². The molecular formula is C10H16N2S. The van der Waals surface area contributed by atoms with Crippen LogP contribution in [0.5, 0.6) is 0 Å². The summed E-state index contributed by atoms with van der Waals surface area (Å²) in [5.74, 6) is 0. The van der Waals surface area contributed by atoms with E-state index in [1.54, 1.807) is 11.9 Å². The monoisotopic (exact) mass is 196 g/mol. The van der Waals surface area contributed by atoms with Crippen molar-refractivity contribution in [3.05, 3.63) is 24.3 Å². The fourth-order valence-electron chi connectivity index (χ4n) is 1.07. The maximum Gasteiger partial charge on any atom is 0.0325 e. The molecule has 1 aromatic rings. The summed E-state index contributed by atoms with van der Waals surface area (Å²) < 4.78 is 2.29. The molecule has 3 heteroatoms. The molecule has 0 bridgehead atoms. The Morgan fingerprint density at radius 3 is 2.54 bits per heavy atom. The summed E-state index contributed by atoms with van der Waals surface area (Å²) in [6.07, 6.45) is 0. The molecule has 1 aromatic carbocycles. The first-order valence-electron chi connectivity index (χ1n) is 4.54. The largest absolute Gasteiger partial charge is 0.399 e. The van der Waals surface area contributed by atoms with Gasteiger partial charge in [-0.1, -0.05) is 19.9 Å². The Hall–Kier alpha value is -0.670. The fourth-order valence-corrected chi connectivity index (χ4v) is 1.96. The van der Waals surface area contributed by atoms with Gasteiger partial charge in [-0.25, -0.2) is 4.31 Å². The molecule has 2 nitrogen and oxygen atoms in total. The molecule has 0 aliphatic heterocycles. The molecule has 0 fully saturated rings. The SMILES string of the molecule is CCN(CC)Sc1cccc(N)c1. The highest BCUT2D eigenvalue weighted by Gasteiger charge is 2.01. The number of anilines is 1. The number of hydrogen-bond donors (Lipinski definition) is 1. The van der Waals surface area contributed by atoms with E-state index < -0.39 is 0 Å². The second-order valence-electron chi connectivity index (χ2n) is 2.78. The molecule has 13 heavy (non-hydrogen) atoms. The second kappa shape index (κ2) is 5.14. The van der Waals surface area contributed by atoms with Crippen LogP contribution < -0.4 is 5.73 Å². The van der Waals surface area contributed by atoms with Crippen molar-refractivity contribution in [1.82, 2.24) is 4.31 Å². The number of nitrogens with two attached hydrogens (primary N) is 1. The van der Waals surface area contributed by atoms with Crippen molar-refractivity contribution in [2.75, 3.05) is 18.8 Å². The first-order valence-corrected chi connectivity index (χ1v) is 5.32. The molecular weight excluding hydrogens is 180 g/mol. The molecule has 1 rings (SSSR count). The van der Waals surface area contributed by atoms with Gasteiger partial charge >= 0.3 is 0 Å². The molecule has 72 valence electrons. The Morgan fingerprint density at radius 1 is 1.31 bits per heavy atom. The maximum atomic E-state index is 5.69. The van der Waals surface area contributed by atoms with E-state index in [1.807, 2.05) is 18.2 Å². The third kappa shape index (κ3) is 3.28. The minimum absolute atomic E-state index is 0.831. The van der Waals surface area contributed by atoms with Gasteiger partial charge in [0.15, 0.2) is 0 Å². The molecule has 0 aromatic heterocycles. The average molecular weight is 196 g/mol. The van der Waals surface area contributed by atoms with Crippen LogP contribution in [0, 0.1) is 0 Å². The number of nitrogens with zero attached hydrogens (tertiary/aromatic N) is 1. The van der Waals surface area contributed by atoms with E-state index in [0.717, 1.165) is 18.8 Å². The van der Waals surface area contributed by atoms with Gasteiger partial charge in [0.2, 0.25) is 0 Å². The fraction of sp³-hybridized carbons (Fsp3) is 0.400. The normalized spacial score (nSPS) is 10.7. The van der Waals surface area contributed by atoms with Crippen LogP contribution in [0.4, 0.5) is 5.69 Å². The quantitative estimate of drug-likeness (QED) is 0.593. The van der Waals surface area contributed by atoms with Gasteiger partial charge in [0.05, 0.1) is 0 Å². The molecule has 0 heterocycles. The van der Waals surface area contributed by atoms with Crippen molar-refractivity contribution in [2.45, 2.75) is 18.7 Å². The van der Waals surface area contributed by atoms with Gasteiger partial charge in [-0.2, -0.15) is 0 Å². The van der Waals surface area contributed by atoms with E-state index in [2.05, 4.69) is 24.2 Å². The molecule has 0 radical (unpaired) electrons. The van der Waals surface area contributed by atoms with Gasteiger partial charge < -0.3 is 5.73 Å². The Kier molecular flexibility index (Phi) is 4.12. The van der Waals surface area contributed by atoms with Gasteiger partial charge in [-0.15, -0.1) is 0 Å². The Morgan fingerprint density at radius 2 is 2.00 bits per heavy atom. The molecule has 0 aliphatic carbocycles. The zero-order valence-corrected chi connectivity index (χ0v) is 8.97. The minimum Gasteiger partial charge on any atom is -0.399 e. The average Bonchev–Trinajstić information content (AvgIpc) is 2.14. The van der Waals surface area contributed by atoms with Crippen molar-refractivity contribution in [2.24, 2.45) is 0 Å². The van der Waals surface area contributed by atoms with Crippen LogP contribution in [0.3, 0.4) is 0 Å². The summed E-state index contributed by atoms with van der Waals surface area (Å²) in [6, 6.07) is 7.98. The van der Waals surface area contributed by atoms with E-state index >= 15 is 0 Å². The van der Waals surface area contributed by atoms with Crippen LogP contribution in [0.1, 0.15) is 13.8 Å². The summed E-state index contributed by atoms with van der Waals surface area (Å²) >= 11 is 1.76. The van der Waals surface area contributed by atoms with E-state index in [4.69, 9.17) is 5.73 Å². The molecule has 0 aliphatic rings.